The van der Waals surface area contributed by atoms with Crippen LogP contribution in [0, 0.1) is 0 Å². The van der Waals surface area contributed by atoms with Crippen molar-refractivity contribution in [2.24, 2.45) is 0 Å². The van der Waals surface area contributed by atoms with E-state index < -0.39 is 21.8 Å². The predicted molar refractivity (Wildman–Crippen MR) is 175 cm³/mol. The van der Waals surface area contributed by atoms with Crippen LogP contribution in [0.3, 0.4) is 0 Å². The van der Waals surface area contributed by atoms with E-state index in [4.69, 9.17) is 16.3 Å². The highest BCUT2D eigenvalue weighted by atomic mass is 35.5. The summed E-state index contributed by atoms with van der Waals surface area (Å²) in [6, 6.07) is 19.1. The first-order valence-corrected chi connectivity index (χ1v) is 17.1. The Labute approximate surface area is 268 Å². The average Bonchev–Trinajstić information content (AvgIpc) is 3.65. The molecule has 10 nitrogen and oxygen atoms in total. The highest BCUT2D eigenvalue weighted by molar-refractivity contribution is 7.90. The fourth-order valence-corrected chi connectivity index (χ4v) is 8.13. The molecule has 3 aromatic carbocycles. The van der Waals surface area contributed by atoms with Crippen LogP contribution in [0.5, 0.6) is 5.75 Å². The molecule has 0 spiro atoms. The summed E-state index contributed by atoms with van der Waals surface area (Å²) in [6.45, 7) is 9.40. The Morgan fingerprint density at radius 1 is 0.911 bits per heavy atom. The van der Waals surface area contributed by atoms with Crippen LogP contribution in [0.15, 0.2) is 82.5 Å². The van der Waals surface area contributed by atoms with E-state index >= 15 is 0 Å². The molecule has 0 aliphatic carbocycles. The second kappa shape index (κ2) is 12.6. The standard InChI is InChI=1S/C33H38ClN5O5S/c1-23(2)35-17-19-36(20-18-35)26-15-16-37(22-26)32(40)31(24-7-5-4-6-8-24)38-30-21-25(34)9-14-29(30)39(33(38)41)45(42,43)28-12-10-27(44-3)11-13-28/h4-14,21,23,26,31H,15-20,22H2,1-3H3. The van der Waals surface area contributed by atoms with E-state index in [0.29, 0.717) is 35.5 Å². The van der Waals surface area contributed by atoms with Gasteiger partial charge < -0.3 is 9.64 Å². The van der Waals surface area contributed by atoms with Crippen molar-refractivity contribution in [1.82, 2.24) is 23.2 Å². The number of nitrogens with zero attached hydrogens (tertiary/aromatic N) is 5. The van der Waals surface area contributed by atoms with Crippen LogP contribution in [-0.2, 0) is 14.8 Å². The number of hydrogen-bond acceptors (Lipinski definition) is 7. The molecular weight excluding hydrogens is 614 g/mol. The summed E-state index contributed by atoms with van der Waals surface area (Å²) in [5.41, 5.74) is 0.133. The third-order valence-corrected chi connectivity index (χ3v) is 11.0. The van der Waals surface area contributed by atoms with Gasteiger partial charge in [-0.05, 0) is 68.3 Å². The smallest absolute Gasteiger partial charge is 0.344 e. The number of rotatable bonds is 8. The number of aromatic nitrogens is 2. The fraction of sp³-hybridized carbons (Fsp3) is 0.394. The zero-order valence-corrected chi connectivity index (χ0v) is 27.2. The van der Waals surface area contributed by atoms with E-state index in [1.54, 1.807) is 18.2 Å². The van der Waals surface area contributed by atoms with E-state index in [1.165, 1.54) is 48.1 Å². The molecule has 12 heteroatoms. The van der Waals surface area contributed by atoms with Crippen LogP contribution in [0.1, 0.15) is 31.9 Å². The lowest BCUT2D eigenvalue weighted by molar-refractivity contribution is -0.132. The average molecular weight is 652 g/mol. The summed E-state index contributed by atoms with van der Waals surface area (Å²) in [5.74, 6) is 0.225. The summed E-state index contributed by atoms with van der Waals surface area (Å²) < 4.78 is 35.3. The van der Waals surface area contributed by atoms with Gasteiger partial charge in [-0.25, -0.2) is 13.2 Å². The Kier molecular flexibility index (Phi) is 8.80. The van der Waals surface area contributed by atoms with Gasteiger partial charge in [0.2, 0.25) is 0 Å². The monoisotopic (exact) mass is 651 g/mol. The first-order chi connectivity index (χ1) is 21.6. The molecule has 2 fully saturated rings. The van der Waals surface area contributed by atoms with Crippen LogP contribution in [0.4, 0.5) is 0 Å². The van der Waals surface area contributed by atoms with Gasteiger partial charge in [-0.3, -0.25) is 19.2 Å². The minimum Gasteiger partial charge on any atom is -0.497 e. The minimum absolute atomic E-state index is 0.0815. The van der Waals surface area contributed by atoms with E-state index in [1.807, 2.05) is 23.1 Å². The number of benzene rings is 3. The molecule has 0 radical (unpaired) electrons. The summed E-state index contributed by atoms with van der Waals surface area (Å²) in [6.07, 6.45) is 0.837. The van der Waals surface area contributed by atoms with Gasteiger partial charge in [-0.15, -0.1) is 0 Å². The molecule has 3 heterocycles. The van der Waals surface area contributed by atoms with E-state index in [2.05, 4.69) is 23.6 Å². The summed E-state index contributed by atoms with van der Waals surface area (Å²) in [7, 11) is -2.87. The summed E-state index contributed by atoms with van der Waals surface area (Å²) in [5, 5.41) is 0.316. The largest absolute Gasteiger partial charge is 0.497 e. The van der Waals surface area contributed by atoms with E-state index in [0.717, 1.165) is 36.6 Å². The number of halogens is 1. The molecule has 0 saturated carbocycles. The normalized spacial score (nSPS) is 19.0. The number of carbonyl (C=O) groups excluding carboxylic acids is 1. The number of fused-ring (bicyclic) bond motifs is 1. The van der Waals surface area contributed by atoms with E-state index in [9.17, 15) is 18.0 Å². The Balaban J connectivity index is 1.41. The molecule has 1 amide bonds. The highest BCUT2D eigenvalue weighted by Gasteiger charge is 2.38. The Morgan fingerprint density at radius 2 is 1.60 bits per heavy atom. The van der Waals surface area contributed by atoms with Gasteiger partial charge in [0.25, 0.3) is 15.9 Å². The number of imidazole rings is 1. The van der Waals surface area contributed by atoms with Crippen LogP contribution >= 0.6 is 11.6 Å². The molecule has 4 aromatic rings. The van der Waals surface area contributed by atoms with Crippen LogP contribution < -0.4 is 10.4 Å². The lowest BCUT2D eigenvalue weighted by Crippen LogP contribution is -2.53. The van der Waals surface area contributed by atoms with Gasteiger partial charge in [0.05, 0.1) is 23.0 Å². The molecule has 1 aromatic heterocycles. The molecule has 2 aliphatic rings. The third-order valence-electron chi connectivity index (χ3n) is 9.07. The van der Waals surface area contributed by atoms with Crippen molar-refractivity contribution in [2.45, 2.75) is 43.3 Å². The zero-order chi connectivity index (χ0) is 31.9. The molecule has 2 unspecified atom stereocenters. The Morgan fingerprint density at radius 3 is 2.24 bits per heavy atom. The molecule has 238 valence electrons. The molecule has 6 rings (SSSR count). The third kappa shape index (κ3) is 5.90. The SMILES string of the molecule is COc1ccc(S(=O)(=O)n2c(=O)n(C(C(=O)N3CCC(N4CCN(C(C)C)CC4)C3)c3ccccc3)c3cc(Cl)ccc32)cc1. The molecule has 2 atom stereocenters. The molecule has 45 heavy (non-hydrogen) atoms. The number of carbonyl (C=O) groups is 1. The molecule has 2 saturated heterocycles. The quantitative estimate of drug-likeness (QED) is 0.285. The number of likely N-dealkylation sites (tertiary alicyclic amines) is 1. The second-order valence-electron chi connectivity index (χ2n) is 11.9. The summed E-state index contributed by atoms with van der Waals surface area (Å²) >= 11 is 6.42. The number of methoxy groups -OCH3 is 1. The molecule has 0 N–H and O–H groups in total. The number of hydrogen-bond donors (Lipinski definition) is 0. The number of piperazine rings is 1. The second-order valence-corrected chi connectivity index (χ2v) is 14.2. The molecule has 0 bridgehead atoms. The predicted octanol–water partition coefficient (Wildman–Crippen LogP) is 3.92. The van der Waals surface area contributed by atoms with Crippen molar-refractivity contribution >= 4 is 38.6 Å². The van der Waals surface area contributed by atoms with Crippen molar-refractivity contribution in [3.05, 3.63) is 93.9 Å². The van der Waals surface area contributed by atoms with Gasteiger partial charge in [-0.2, -0.15) is 3.97 Å². The van der Waals surface area contributed by atoms with Crippen LogP contribution in [-0.4, -0.2) is 96.0 Å². The van der Waals surface area contributed by atoms with Gasteiger partial charge in [0.1, 0.15) is 11.8 Å². The maximum atomic E-state index is 14.5. The number of ether oxygens (including phenoxy) is 1. The van der Waals surface area contributed by atoms with Gasteiger partial charge in [0, 0.05) is 56.4 Å². The lowest BCUT2D eigenvalue weighted by atomic mass is 10.0. The molecular formula is C33H38ClN5O5S. The Bertz CT molecular complexity index is 1850. The maximum Gasteiger partial charge on any atom is 0.344 e. The van der Waals surface area contributed by atoms with Crippen molar-refractivity contribution in [3.8, 4) is 5.75 Å². The molecule has 2 aliphatic heterocycles. The van der Waals surface area contributed by atoms with Gasteiger partial charge in [0.15, 0.2) is 0 Å². The van der Waals surface area contributed by atoms with Crippen molar-refractivity contribution in [1.29, 1.82) is 0 Å². The first kappa shape index (κ1) is 31.3. The van der Waals surface area contributed by atoms with Gasteiger partial charge in [-0.1, -0.05) is 41.9 Å². The van der Waals surface area contributed by atoms with Crippen molar-refractivity contribution in [3.63, 3.8) is 0 Å². The minimum atomic E-state index is -4.36. The topological polar surface area (TPSA) is 97.1 Å². The first-order valence-electron chi connectivity index (χ1n) is 15.2. The summed E-state index contributed by atoms with van der Waals surface area (Å²) in [4.78, 5) is 35.6. The number of amides is 1. The Hall–Kier alpha value is -3.64. The highest BCUT2D eigenvalue weighted by Crippen LogP contribution is 2.31. The van der Waals surface area contributed by atoms with E-state index in [-0.39, 0.29) is 27.9 Å². The fourth-order valence-electron chi connectivity index (χ4n) is 6.57. The van der Waals surface area contributed by atoms with Crippen molar-refractivity contribution in [2.75, 3.05) is 46.4 Å². The van der Waals surface area contributed by atoms with Gasteiger partial charge >= 0.3 is 5.69 Å². The van der Waals surface area contributed by atoms with Crippen LogP contribution in [0.2, 0.25) is 5.02 Å². The lowest BCUT2D eigenvalue weighted by Gasteiger charge is -2.39. The maximum absolute atomic E-state index is 14.5. The van der Waals surface area contributed by atoms with Crippen LogP contribution in [0.25, 0.3) is 11.0 Å². The zero-order valence-electron chi connectivity index (χ0n) is 25.7. The van der Waals surface area contributed by atoms with Crippen molar-refractivity contribution < 1.29 is 17.9 Å².